The first-order valence-electron chi connectivity index (χ1n) is 8.48. The number of aromatic nitrogens is 3. The molecule has 1 aromatic carbocycles. The Hall–Kier alpha value is -2.40. The number of rotatable bonds is 2. The van der Waals surface area contributed by atoms with Gasteiger partial charge in [0.1, 0.15) is 5.82 Å². The van der Waals surface area contributed by atoms with Crippen LogP contribution in [0, 0.1) is 6.92 Å². The van der Waals surface area contributed by atoms with Gasteiger partial charge < -0.3 is 14.5 Å². The van der Waals surface area contributed by atoms with Crippen LogP contribution >= 0.6 is 0 Å². The lowest BCUT2D eigenvalue weighted by Gasteiger charge is -2.30. The van der Waals surface area contributed by atoms with Gasteiger partial charge in [0.2, 0.25) is 0 Å². The fourth-order valence-corrected chi connectivity index (χ4v) is 3.64. The normalized spacial score (nSPS) is 16.8. The molecule has 0 radical (unpaired) electrons. The van der Waals surface area contributed by atoms with Crippen LogP contribution in [-0.4, -0.2) is 39.6 Å². The van der Waals surface area contributed by atoms with Gasteiger partial charge in [-0.2, -0.15) is 0 Å². The van der Waals surface area contributed by atoms with Crippen molar-refractivity contribution < 1.29 is 0 Å². The lowest BCUT2D eigenvalue weighted by molar-refractivity contribution is 0.222. The van der Waals surface area contributed by atoms with E-state index >= 15 is 0 Å². The van der Waals surface area contributed by atoms with Gasteiger partial charge in [-0.15, -0.1) is 0 Å². The molecule has 124 valence electrons. The molecule has 0 bridgehead atoms. The molecule has 1 fully saturated rings. The lowest BCUT2D eigenvalue weighted by atomic mass is 10.0. The Morgan fingerprint density at radius 3 is 2.83 bits per heavy atom. The third kappa shape index (κ3) is 2.55. The van der Waals surface area contributed by atoms with E-state index in [1.165, 1.54) is 0 Å². The summed E-state index contributed by atoms with van der Waals surface area (Å²) in [7, 11) is 2.15. The summed E-state index contributed by atoms with van der Waals surface area (Å²) in [5, 5.41) is 1.04. The highest BCUT2D eigenvalue weighted by Crippen LogP contribution is 2.27. The highest BCUT2D eigenvalue weighted by molar-refractivity contribution is 5.84. The molecule has 5 nitrogen and oxygen atoms in total. The molecule has 0 saturated carbocycles. The second-order valence-corrected chi connectivity index (χ2v) is 6.74. The maximum absolute atomic E-state index is 12.7. The van der Waals surface area contributed by atoms with Gasteiger partial charge >= 0.3 is 0 Å². The van der Waals surface area contributed by atoms with Gasteiger partial charge in [-0.1, -0.05) is 18.2 Å². The lowest BCUT2D eigenvalue weighted by Crippen LogP contribution is -2.31. The molecule has 0 atom stereocenters. The van der Waals surface area contributed by atoms with Crippen LogP contribution in [0.1, 0.15) is 24.4 Å². The molecule has 4 rings (SSSR count). The summed E-state index contributed by atoms with van der Waals surface area (Å²) in [6.07, 6.45) is 5.98. The van der Waals surface area contributed by atoms with Crippen LogP contribution in [0.3, 0.4) is 0 Å². The van der Waals surface area contributed by atoms with Crippen LogP contribution < -0.4 is 5.56 Å². The number of hydrogen-bond donors (Lipinski definition) is 1. The maximum atomic E-state index is 12.7. The van der Waals surface area contributed by atoms with Crippen molar-refractivity contribution in [3.05, 3.63) is 52.6 Å². The van der Waals surface area contributed by atoms with Crippen molar-refractivity contribution >= 4 is 10.9 Å². The molecule has 3 aromatic rings. The Balaban J connectivity index is 1.80. The number of imidazole rings is 1. The van der Waals surface area contributed by atoms with E-state index in [2.05, 4.69) is 26.5 Å². The zero-order valence-electron chi connectivity index (χ0n) is 14.1. The van der Waals surface area contributed by atoms with Crippen molar-refractivity contribution in [2.24, 2.45) is 0 Å². The second-order valence-electron chi connectivity index (χ2n) is 6.74. The molecule has 0 unspecified atom stereocenters. The summed E-state index contributed by atoms with van der Waals surface area (Å²) in [5.74, 6) is 0.772. The molecule has 2 aromatic heterocycles. The van der Waals surface area contributed by atoms with Crippen LogP contribution in [0.15, 0.2) is 41.5 Å². The van der Waals surface area contributed by atoms with Crippen molar-refractivity contribution in [1.82, 2.24) is 19.4 Å². The van der Waals surface area contributed by atoms with E-state index in [-0.39, 0.29) is 5.56 Å². The predicted octanol–water partition coefficient (Wildman–Crippen LogP) is 2.97. The molecule has 1 aliphatic rings. The molecular weight excluding hydrogens is 300 g/mol. The third-order valence-corrected chi connectivity index (χ3v) is 5.08. The molecule has 1 aliphatic heterocycles. The quantitative estimate of drug-likeness (QED) is 0.789. The fourth-order valence-electron chi connectivity index (χ4n) is 3.64. The smallest absolute Gasteiger partial charge is 0.259 e. The molecule has 1 saturated heterocycles. The van der Waals surface area contributed by atoms with Gasteiger partial charge in [0.05, 0.1) is 11.1 Å². The minimum atomic E-state index is -0.0721. The molecule has 3 heterocycles. The monoisotopic (exact) mass is 322 g/mol. The van der Waals surface area contributed by atoms with E-state index in [0.717, 1.165) is 48.2 Å². The molecule has 24 heavy (non-hydrogen) atoms. The Labute approximate surface area is 140 Å². The zero-order valence-corrected chi connectivity index (χ0v) is 14.1. The number of nitrogens with one attached hydrogen (secondary N) is 1. The topological polar surface area (TPSA) is 53.9 Å². The van der Waals surface area contributed by atoms with E-state index < -0.39 is 0 Å². The van der Waals surface area contributed by atoms with Crippen LogP contribution in [-0.2, 0) is 0 Å². The van der Waals surface area contributed by atoms with Crippen molar-refractivity contribution in [1.29, 1.82) is 0 Å². The van der Waals surface area contributed by atoms with E-state index in [9.17, 15) is 4.79 Å². The average molecular weight is 322 g/mol. The number of aromatic amines is 1. The number of H-pyrrole nitrogens is 1. The first-order chi connectivity index (χ1) is 11.6. The Morgan fingerprint density at radius 1 is 1.25 bits per heavy atom. The average Bonchev–Trinajstić information content (AvgIpc) is 3.05. The van der Waals surface area contributed by atoms with Crippen LogP contribution in [0.2, 0.25) is 0 Å². The molecule has 5 heteroatoms. The summed E-state index contributed by atoms with van der Waals surface area (Å²) in [5.41, 5.74) is 2.56. The summed E-state index contributed by atoms with van der Waals surface area (Å²) < 4.78 is 2.18. The number of nitrogens with zero attached hydrogens (tertiary/aromatic N) is 3. The highest BCUT2D eigenvalue weighted by Gasteiger charge is 2.22. The summed E-state index contributed by atoms with van der Waals surface area (Å²) >= 11 is 0. The van der Waals surface area contributed by atoms with E-state index in [4.69, 9.17) is 0 Å². The van der Waals surface area contributed by atoms with Crippen LogP contribution in [0.4, 0.5) is 0 Å². The SMILES string of the molecule is Cc1cccc2cc(-c3nccn3C3CCN(C)CC3)c(=O)[nH]c12. The third-order valence-electron chi connectivity index (χ3n) is 5.08. The minimum absolute atomic E-state index is 0.0721. The van der Waals surface area contributed by atoms with Gasteiger partial charge in [0.25, 0.3) is 5.56 Å². The van der Waals surface area contributed by atoms with E-state index in [1.54, 1.807) is 6.20 Å². The molecule has 0 amide bonds. The van der Waals surface area contributed by atoms with Gasteiger partial charge in [-0.3, -0.25) is 4.79 Å². The summed E-state index contributed by atoms with van der Waals surface area (Å²) in [4.78, 5) is 22.5. The Bertz CT molecular complexity index is 932. The number of piperidine rings is 1. The van der Waals surface area contributed by atoms with E-state index in [0.29, 0.717) is 11.6 Å². The second kappa shape index (κ2) is 5.91. The standard InChI is InChI=1S/C19H22N4O/c1-13-4-3-5-14-12-16(19(24)21-17(13)14)18-20-8-11-23(18)15-6-9-22(2)10-7-15/h3-5,8,11-12,15H,6-7,9-10H2,1-2H3,(H,21,24). The zero-order chi connectivity index (χ0) is 16.7. The van der Waals surface area contributed by atoms with Gasteiger partial charge in [-0.05, 0) is 56.9 Å². The van der Waals surface area contributed by atoms with Gasteiger partial charge in [0, 0.05) is 18.4 Å². The van der Waals surface area contributed by atoms with Crippen molar-refractivity contribution in [2.75, 3.05) is 20.1 Å². The molecular formula is C19H22N4O. The largest absolute Gasteiger partial charge is 0.328 e. The predicted molar refractivity (Wildman–Crippen MR) is 96.3 cm³/mol. The number of benzene rings is 1. The number of aryl methyl sites for hydroxylation is 1. The highest BCUT2D eigenvalue weighted by atomic mass is 16.1. The Kier molecular flexibility index (Phi) is 3.73. The van der Waals surface area contributed by atoms with Crippen molar-refractivity contribution in [2.45, 2.75) is 25.8 Å². The maximum Gasteiger partial charge on any atom is 0.259 e. The number of para-hydroxylation sites is 1. The molecule has 0 spiro atoms. The number of pyridine rings is 1. The molecule has 1 N–H and O–H groups in total. The first kappa shape index (κ1) is 15.1. The van der Waals surface area contributed by atoms with E-state index in [1.807, 2.05) is 37.4 Å². The van der Waals surface area contributed by atoms with Crippen LogP contribution in [0.5, 0.6) is 0 Å². The van der Waals surface area contributed by atoms with Crippen molar-refractivity contribution in [3.8, 4) is 11.4 Å². The fraction of sp³-hybridized carbons (Fsp3) is 0.368. The number of hydrogen-bond acceptors (Lipinski definition) is 3. The van der Waals surface area contributed by atoms with Crippen LogP contribution in [0.25, 0.3) is 22.3 Å². The van der Waals surface area contributed by atoms with Gasteiger partial charge in [0.15, 0.2) is 0 Å². The first-order valence-corrected chi connectivity index (χ1v) is 8.48. The van der Waals surface area contributed by atoms with Gasteiger partial charge in [-0.25, -0.2) is 4.98 Å². The summed E-state index contributed by atoms with van der Waals surface area (Å²) in [6.45, 7) is 4.17. The Morgan fingerprint density at radius 2 is 2.04 bits per heavy atom. The minimum Gasteiger partial charge on any atom is -0.328 e. The summed E-state index contributed by atoms with van der Waals surface area (Å²) in [6, 6.07) is 8.44. The van der Waals surface area contributed by atoms with Crippen molar-refractivity contribution in [3.63, 3.8) is 0 Å². The molecule has 0 aliphatic carbocycles. The number of likely N-dealkylation sites (tertiary alicyclic amines) is 1. The number of fused-ring (bicyclic) bond motifs is 1.